The molecule has 0 aromatic carbocycles. The number of hydrogen-bond donors (Lipinski definition) is 0. The molecule has 0 aliphatic heterocycles. The van der Waals surface area contributed by atoms with Crippen molar-refractivity contribution in [3.05, 3.63) is 146 Å². The van der Waals surface area contributed by atoms with Crippen LogP contribution >= 0.6 is 0 Å². The van der Waals surface area contributed by atoms with Crippen LogP contribution in [0.4, 0.5) is 0 Å². The molecule has 0 fully saturated rings. The largest absolute Gasteiger partial charge is 0.462 e. The minimum absolute atomic E-state index is 0.115. The Morgan fingerprint density at radius 1 is 0.318 bits per heavy atom. The van der Waals surface area contributed by atoms with Crippen LogP contribution in [0.25, 0.3) is 0 Å². The van der Waals surface area contributed by atoms with Crippen LogP contribution in [0, 0.1) is 0 Å². The number of carbonyl (C=O) groups excluding carboxylic acids is 3. The molecule has 6 heteroatoms. The molecule has 0 bridgehead atoms. The molecule has 0 N–H and O–H groups in total. The lowest BCUT2D eigenvalue weighted by Gasteiger charge is -2.18. The Kier molecular flexibility index (Phi) is 49.1. The Bertz CT molecular complexity index is 1510. The molecule has 0 saturated carbocycles. The van der Waals surface area contributed by atoms with E-state index in [0.717, 1.165) is 122 Å². The highest BCUT2D eigenvalue weighted by Crippen LogP contribution is 2.11. The Balaban J connectivity index is 4.35. The van der Waals surface area contributed by atoms with Crippen molar-refractivity contribution in [3.63, 3.8) is 0 Å². The van der Waals surface area contributed by atoms with Gasteiger partial charge in [0.15, 0.2) is 6.10 Å². The SMILES string of the molecule is CC/C=C\C/C=C\C/C=C\C/C=C\C/C=C\C/C=C\C/C=C\C/C=C\CCCCC(=O)OCC(COC(=O)CCCCCCCC)OC(=O)CCCC/C=C\C/C=C\C/C=C\C/C=C\CC. The minimum Gasteiger partial charge on any atom is -0.462 e. The molecule has 1 unspecified atom stereocenters. The second-order valence-corrected chi connectivity index (χ2v) is 16.3. The van der Waals surface area contributed by atoms with Crippen molar-refractivity contribution in [2.24, 2.45) is 0 Å². The van der Waals surface area contributed by atoms with Gasteiger partial charge in [-0.15, -0.1) is 0 Å². The monoisotopic (exact) mass is 909 g/mol. The number of hydrogen-bond acceptors (Lipinski definition) is 6. The fourth-order valence-corrected chi connectivity index (χ4v) is 6.27. The Morgan fingerprint density at radius 2 is 0.591 bits per heavy atom. The lowest BCUT2D eigenvalue weighted by Crippen LogP contribution is -2.30. The van der Waals surface area contributed by atoms with Crippen molar-refractivity contribution in [3.8, 4) is 0 Å². The summed E-state index contributed by atoms with van der Waals surface area (Å²) < 4.78 is 16.6. The molecule has 0 spiro atoms. The molecule has 0 saturated heterocycles. The molecule has 368 valence electrons. The van der Waals surface area contributed by atoms with Gasteiger partial charge in [0, 0.05) is 19.3 Å². The van der Waals surface area contributed by atoms with E-state index in [1.807, 2.05) is 0 Å². The average Bonchev–Trinajstić information content (AvgIpc) is 3.31. The molecule has 0 aliphatic rings. The van der Waals surface area contributed by atoms with Gasteiger partial charge < -0.3 is 14.2 Å². The number of rotatable bonds is 44. The minimum atomic E-state index is -0.820. The van der Waals surface area contributed by atoms with E-state index in [0.29, 0.717) is 19.3 Å². The first-order valence-corrected chi connectivity index (χ1v) is 25.8. The van der Waals surface area contributed by atoms with Crippen LogP contribution in [0.3, 0.4) is 0 Å². The van der Waals surface area contributed by atoms with Gasteiger partial charge in [-0.3, -0.25) is 14.4 Å². The van der Waals surface area contributed by atoms with Gasteiger partial charge in [0.05, 0.1) is 0 Å². The van der Waals surface area contributed by atoms with E-state index in [1.54, 1.807) is 0 Å². The first-order valence-electron chi connectivity index (χ1n) is 25.8. The molecule has 66 heavy (non-hydrogen) atoms. The maximum atomic E-state index is 12.7. The highest BCUT2D eigenvalue weighted by Gasteiger charge is 2.19. The lowest BCUT2D eigenvalue weighted by atomic mass is 10.1. The number of esters is 3. The molecule has 0 aromatic rings. The van der Waals surface area contributed by atoms with Crippen molar-refractivity contribution < 1.29 is 28.6 Å². The highest BCUT2D eigenvalue weighted by molar-refractivity contribution is 5.71. The predicted molar refractivity (Wildman–Crippen MR) is 283 cm³/mol. The summed E-state index contributed by atoms with van der Waals surface area (Å²) in [4.78, 5) is 37.7. The average molecular weight is 909 g/mol. The summed E-state index contributed by atoms with van der Waals surface area (Å²) in [6.07, 6.45) is 75.8. The number of carbonyl (C=O) groups is 3. The van der Waals surface area contributed by atoms with E-state index in [9.17, 15) is 14.4 Å². The van der Waals surface area contributed by atoms with E-state index >= 15 is 0 Å². The topological polar surface area (TPSA) is 78.9 Å². The Morgan fingerprint density at radius 3 is 0.924 bits per heavy atom. The first-order chi connectivity index (χ1) is 32.5. The Hall–Kier alpha value is -4.71. The smallest absolute Gasteiger partial charge is 0.306 e. The maximum Gasteiger partial charge on any atom is 0.306 e. The molecule has 0 aromatic heterocycles. The molecule has 1 atom stereocenters. The third-order valence-corrected chi connectivity index (χ3v) is 10.1. The molecule has 0 amide bonds. The maximum absolute atomic E-state index is 12.7. The molecular formula is C60H92O6. The summed E-state index contributed by atoms with van der Waals surface area (Å²) in [5.41, 5.74) is 0. The highest BCUT2D eigenvalue weighted by atomic mass is 16.6. The lowest BCUT2D eigenvalue weighted by molar-refractivity contribution is -0.167. The van der Waals surface area contributed by atoms with Crippen LogP contribution in [0.15, 0.2) is 146 Å². The summed E-state index contributed by atoms with van der Waals surface area (Å²) in [6, 6.07) is 0. The van der Waals surface area contributed by atoms with E-state index < -0.39 is 6.10 Å². The van der Waals surface area contributed by atoms with E-state index in [4.69, 9.17) is 14.2 Å². The Labute approximate surface area is 404 Å². The quantitative estimate of drug-likeness (QED) is 0.0262. The predicted octanol–water partition coefficient (Wildman–Crippen LogP) is 17.3. The van der Waals surface area contributed by atoms with E-state index in [1.165, 1.54) is 19.3 Å². The van der Waals surface area contributed by atoms with Crippen molar-refractivity contribution >= 4 is 17.9 Å². The van der Waals surface area contributed by atoms with Crippen LogP contribution in [0.1, 0.15) is 194 Å². The fraction of sp³-hybridized carbons (Fsp3) is 0.550. The zero-order valence-electron chi connectivity index (χ0n) is 41.9. The molecule has 6 nitrogen and oxygen atoms in total. The van der Waals surface area contributed by atoms with Gasteiger partial charge in [0.2, 0.25) is 0 Å². The van der Waals surface area contributed by atoms with Crippen molar-refractivity contribution in [2.45, 2.75) is 200 Å². The van der Waals surface area contributed by atoms with Gasteiger partial charge in [-0.2, -0.15) is 0 Å². The third-order valence-electron chi connectivity index (χ3n) is 10.1. The van der Waals surface area contributed by atoms with Gasteiger partial charge >= 0.3 is 17.9 Å². The first kappa shape index (κ1) is 61.3. The van der Waals surface area contributed by atoms with Crippen LogP contribution in [-0.4, -0.2) is 37.2 Å². The van der Waals surface area contributed by atoms with Crippen molar-refractivity contribution in [1.29, 1.82) is 0 Å². The van der Waals surface area contributed by atoms with Crippen molar-refractivity contribution in [2.75, 3.05) is 13.2 Å². The summed E-state index contributed by atoms with van der Waals surface area (Å²) in [7, 11) is 0. The van der Waals surface area contributed by atoms with Crippen LogP contribution < -0.4 is 0 Å². The normalized spacial score (nSPS) is 13.3. The van der Waals surface area contributed by atoms with Gasteiger partial charge in [0.25, 0.3) is 0 Å². The summed E-state index contributed by atoms with van der Waals surface area (Å²) in [6.45, 7) is 6.24. The van der Waals surface area contributed by atoms with Crippen LogP contribution in [-0.2, 0) is 28.6 Å². The van der Waals surface area contributed by atoms with Gasteiger partial charge in [0.1, 0.15) is 13.2 Å². The van der Waals surface area contributed by atoms with Gasteiger partial charge in [-0.1, -0.05) is 199 Å². The molecule has 0 radical (unpaired) electrons. The van der Waals surface area contributed by atoms with Gasteiger partial charge in [-0.25, -0.2) is 0 Å². The molecular weight excluding hydrogens is 817 g/mol. The van der Waals surface area contributed by atoms with E-state index in [-0.39, 0.29) is 44.0 Å². The number of ether oxygens (including phenoxy) is 3. The summed E-state index contributed by atoms with van der Waals surface area (Å²) >= 11 is 0. The number of unbranched alkanes of at least 4 members (excludes halogenated alkanes) is 9. The second-order valence-electron chi connectivity index (χ2n) is 16.3. The molecule has 0 aliphatic carbocycles. The molecule has 0 heterocycles. The zero-order valence-corrected chi connectivity index (χ0v) is 41.9. The fourth-order valence-electron chi connectivity index (χ4n) is 6.27. The summed E-state index contributed by atoms with van der Waals surface area (Å²) in [5, 5.41) is 0. The van der Waals surface area contributed by atoms with Gasteiger partial charge in [-0.05, 0) is 122 Å². The zero-order chi connectivity index (χ0) is 47.9. The third kappa shape index (κ3) is 50.3. The van der Waals surface area contributed by atoms with Crippen molar-refractivity contribution in [1.82, 2.24) is 0 Å². The second kappa shape index (κ2) is 52.9. The standard InChI is InChI=1S/C60H92O6/c1-4-7-10-13-16-18-20-22-24-25-26-27-28-29-30-31-32-33-34-35-37-38-40-42-44-47-50-53-59(62)65-56-57(55-64-58(61)52-49-46-15-12-9-6-3)66-60(63)54-51-48-45-43-41-39-36-23-21-19-17-14-11-8-5-2/h7-8,10-11,16-19,22-24,26-27,29-30,32-33,35-37,40-43,57H,4-6,9,12-15,20-21,25,28,31,34,38-39,44-56H2,1-3H3/b10-7-,11-8-,18-16-,19-17-,24-22-,27-26-,30-29-,33-32-,36-23-,37-35-,42-40-,43-41-. The van der Waals surface area contributed by atoms with Crippen LogP contribution in [0.2, 0.25) is 0 Å². The summed E-state index contributed by atoms with van der Waals surface area (Å²) in [5.74, 6) is -1.03. The van der Waals surface area contributed by atoms with E-state index in [2.05, 4.69) is 167 Å². The number of allylic oxidation sites excluding steroid dienone is 24. The van der Waals surface area contributed by atoms with Crippen LogP contribution in [0.5, 0.6) is 0 Å². The molecule has 0 rings (SSSR count).